The van der Waals surface area contributed by atoms with Gasteiger partial charge < -0.3 is 20.3 Å². The summed E-state index contributed by atoms with van der Waals surface area (Å²) in [5, 5.41) is 5.29. The van der Waals surface area contributed by atoms with E-state index < -0.39 is 11.8 Å². The zero-order valence-electron chi connectivity index (χ0n) is 14.0. The summed E-state index contributed by atoms with van der Waals surface area (Å²) in [4.78, 5) is 14.0. The van der Waals surface area contributed by atoms with Crippen LogP contribution < -0.4 is 15.4 Å². The molecule has 2 rings (SSSR count). The highest BCUT2D eigenvalue weighted by molar-refractivity contribution is 5.89. The second-order valence-electron chi connectivity index (χ2n) is 5.54. The number of anilines is 1. The molecule has 24 heavy (non-hydrogen) atoms. The number of amides is 2. The first-order valence-corrected chi connectivity index (χ1v) is 7.61. The fourth-order valence-corrected chi connectivity index (χ4v) is 2.43. The Morgan fingerprint density at radius 1 is 1.17 bits per heavy atom. The van der Waals surface area contributed by atoms with Crippen molar-refractivity contribution in [1.29, 1.82) is 0 Å². The van der Waals surface area contributed by atoms with Crippen LogP contribution in [0.5, 0.6) is 5.75 Å². The van der Waals surface area contributed by atoms with Gasteiger partial charge in [0.05, 0.1) is 18.8 Å². The normalized spacial score (nSPS) is 11.9. The number of methoxy groups -OCH3 is 1. The first-order valence-electron chi connectivity index (χ1n) is 7.61. The van der Waals surface area contributed by atoms with E-state index in [2.05, 4.69) is 10.6 Å². The third-order valence-electron chi connectivity index (χ3n) is 3.70. The van der Waals surface area contributed by atoms with Gasteiger partial charge >= 0.3 is 6.03 Å². The predicted molar refractivity (Wildman–Crippen MR) is 92.8 cm³/mol. The number of hydrogen-bond donors (Lipinski definition) is 2. The van der Waals surface area contributed by atoms with E-state index in [-0.39, 0.29) is 11.7 Å². The second kappa shape index (κ2) is 8.31. The molecule has 6 heteroatoms. The first-order chi connectivity index (χ1) is 11.5. The van der Waals surface area contributed by atoms with E-state index >= 15 is 0 Å². The number of nitrogens with zero attached hydrogens (tertiary/aromatic N) is 1. The predicted octanol–water partition coefficient (Wildman–Crippen LogP) is 3.26. The second-order valence-corrected chi connectivity index (χ2v) is 5.54. The topological polar surface area (TPSA) is 53.6 Å². The Labute approximate surface area is 141 Å². The largest absolute Gasteiger partial charge is 0.496 e. The quantitative estimate of drug-likeness (QED) is 0.854. The van der Waals surface area contributed by atoms with Crippen LogP contribution in [0.2, 0.25) is 0 Å². The maximum atomic E-state index is 13.6. The van der Waals surface area contributed by atoms with Gasteiger partial charge in [-0.25, -0.2) is 9.18 Å². The number of ether oxygens (including phenoxy) is 1. The number of nitrogens with one attached hydrogen (secondary N) is 2. The van der Waals surface area contributed by atoms with Crippen LogP contribution in [-0.4, -0.2) is 38.7 Å². The molecule has 0 unspecified atom stereocenters. The Morgan fingerprint density at radius 3 is 2.50 bits per heavy atom. The molecule has 0 bridgehead atoms. The van der Waals surface area contributed by atoms with E-state index in [1.807, 2.05) is 43.3 Å². The Bertz CT molecular complexity index is 691. The van der Waals surface area contributed by atoms with Crippen LogP contribution in [-0.2, 0) is 0 Å². The van der Waals surface area contributed by atoms with Crippen molar-refractivity contribution in [3.05, 3.63) is 59.9 Å². The fraction of sp³-hybridized carbons (Fsp3) is 0.278. The number of carbonyl (C=O) groups is 1. The SMILES string of the molecule is COc1ccccc1[C@@H](CNC(=O)Nc1ccccc1F)N(C)C. The average Bonchev–Trinajstić information content (AvgIpc) is 2.57. The molecule has 0 saturated heterocycles. The molecule has 0 radical (unpaired) electrons. The van der Waals surface area contributed by atoms with E-state index in [1.54, 1.807) is 19.2 Å². The van der Waals surface area contributed by atoms with Crippen LogP contribution in [0.25, 0.3) is 0 Å². The van der Waals surface area contributed by atoms with Gasteiger partial charge in [-0.1, -0.05) is 30.3 Å². The van der Waals surface area contributed by atoms with Crippen LogP contribution in [0.15, 0.2) is 48.5 Å². The van der Waals surface area contributed by atoms with Gasteiger partial charge in [-0.3, -0.25) is 0 Å². The zero-order valence-corrected chi connectivity index (χ0v) is 14.0. The van der Waals surface area contributed by atoms with Crippen LogP contribution in [0.1, 0.15) is 11.6 Å². The standard InChI is InChI=1S/C18H22FN3O2/c1-22(2)16(13-8-4-7-11-17(13)24-3)12-20-18(23)21-15-10-6-5-9-14(15)19/h4-11,16H,12H2,1-3H3,(H2,20,21,23)/t16-/m1/s1. The summed E-state index contributed by atoms with van der Waals surface area (Å²) in [7, 11) is 5.46. The van der Waals surface area contributed by atoms with Crippen LogP contribution in [0.4, 0.5) is 14.9 Å². The van der Waals surface area contributed by atoms with Crippen molar-refractivity contribution in [2.75, 3.05) is 33.1 Å². The van der Waals surface area contributed by atoms with Crippen molar-refractivity contribution in [2.24, 2.45) is 0 Å². The fourth-order valence-electron chi connectivity index (χ4n) is 2.43. The highest BCUT2D eigenvalue weighted by Gasteiger charge is 2.19. The molecule has 0 heterocycles. The Morgan fingerprint density at radius 2 is 1.83 bits per heavy atom. The summed E-state index contributed by atoms with van der Waals surface area (Å²) < 4.78 is 19.0. The lowest BCUT2D eigenvalue weighted by Crippen LogP contribution is -2.37. The minimum Gasteiger partial charge on any atom is -0.496 e. The van der Waals surface area contributed by atoms with Crippen molar-refractivity contribution < 1.29 is 13.9 Å². The Balaban J connectivity index is 2.04. The highest BCUT2D eigenvalue weighted by atomic mass is 19.1. The minimum atomic E-state index is -0.471. The molecule has 0 fully saturated rings. The molecule has 2 aromatic carbocycles. The van der Waals surface area contributed by atoms with Crippen molar-refractivity contribution in [2.45, 2.75) is 6.04 Å². The third kappa shape index (κ3) is 4.45. The number of carbonyl (C=O) groups excluding carboxylic acids is 1. The van der Waals surface area contributed by atoms with Gasteiger partial charge in [-0.15, -0.1) is 0 Å². The molecular formula is C18H22FN3O2. The summed E-state index contributed by atoms with van der Waals surface area (Å²) in [5.74, 6) is 0.286. The van der Waals surface area contributed by atoms with Gasteiger partial charge in [0.25, 0.3) is 0 Å². The Kier molecular flexibility index (Phi) is 6.14. The lowest BCUT2D eigenvalue weighted by molar-refractivity contribution is 0.242. The molecule has 1 atom stereocenters. The maximum absolute atomic E-state index is 13.6. The maximum Gasteiger partial charge on any atom is 0.319 e. The van der Waals surface area contributed by atoms with Gasteiger partial charge in [0.1, 0.15) is 11.6 Å². The van der Waals surface area contributed by atoms with Gasteiger partial charge in [0, 0.05) is 12.1 Å². The molecule has 0 aliphatic carbocycles. The van der Waals surface area contributed by atoms with Crippen molar-refractivity contribution in [3.8, 4) is 5.75 Å². The zero-order chi connectivity index (χ0) is 17.5. The van der Waals surface area contributed by atoms with Crippen molar-refractivity contribution >= 4 is 11.7 Å². The van der Waals surface area contributed by atoms with E-state index in [1.165, 1.54) is 12.1 Å². The molecular weight excluding hydrogens is 309 g/mol. The number of benzene rings is 2. The molecule has 0 spiro atoms. The molecule has 0 saturated carbocycles. The summed E-state index contributed by atoms with van der Waals surface area (Å²) in [6, 6.07) is 13.2. The molecule has 0 aromatic heterocycles. The van der Waals surface area contributed by atoms with Gasteiger partial charge in [-0.2, -0.15) is 0 Å². The van der Waals surface area contributed by atoms with E-state index in [0.717, 1.165) is 11.3 Å². The monoisotopic (exact) mass is 331 g/mol. The first kappa shape index (κ1) is 17.7. The number of rotatable bonds is 6. The lowest BCUT2D eigenvalue weighted by Gasteiger charge is -2.26. The van der Waals surface area contributed by atoms with Gasteiger partial charge in [0.2, 0.25) is 0 Å². The van der Waals surface area contributed by atoms with Crippen LogP contribution >= 0.6 is 0 Å². The molecule has 2 N–H and O–H groups in total. The molecule has 128 valence electrons. The van der Waals surface area contributed by atoms with Crippen LogP contribution in [0.3, 0.4) is 0 Å². The summed E-state index contributed by atoms with van der Waals surface area (Å²) >= 11 is 0. The molecule has 0 aliphatic rings. The Hall–Kier alpha value is -2.60. The number of likely N-dealkylation sites (N-methyl/N-ethyl adjacent to an activating group) is 1. The number of hydrogen-bond acceptors (Lipinski definition) is 3. The number of urea groups is 1. The molecule has 2 amide bonds. The average molecular weight is 331 g/mol. The minimum absolute atomic E-state index is 0.0764. The van der Waals surface area contributed by atoms with E-state index in [4.69, 9.17) is 4.74 Å². The smallest absolute Gasteiger partial charge is 0.319 e. The van der Waals surface area contributed by atoms with Crippen molar-refractivity contribution in [1.82, 2.24) is 10.2 Å². The van der Waals surface area contributed by atoms with E-state index in [9.17, 15) is 9.18 Å². The van der Waals surface area contributed by atoms with Gasteiger partial charge in [-0.05, 0) is 32.3 Å². The summed E-state index contributed by atoms with van der Waals surface area (Å²) in [6.07, 6.45) is 0. The number of halogens is 1. The molecule has 0 aliphatic heterocycles. The van der Waals surface area contributed by atoms with Crippen molar-refractivity contribution in [3.63, 3.8) is 0 Å². The highest BCUT2D eigenvalue weighted by Crippen LogP contribution is 2.27. The van der Waals surface area contributed by atoms with E-state index in [0.29, 0.717) is 6.54 Å². The molecule has 2 aromatic rings. The third-order valence-corrected chi connectivity index (χ3v) is 3.70. The lowest BCUT2D eigenvalue weighted by atomic mass is 10.0. The summed E-state index contributed by atoms with van der Waals surface area (Å²) in [6.45, 7) is 0.355. The molecule has 5 nitrogen and oxygen atoms in total. The number of para-hydroxylation sites is 2. The van der Waals surface area contributed by atoms with Gasteiger partial charge in [0.15, 0.2) is 0 Å². The summed E-state index contributed by atoms with van der Waals surface area (Å²) in [5.41, 5.74) is 1.12. The van der Waals surface area contributed by atoms with Crippen LogP contribution in [0, 0.1) is 5.82 Å².